The van der Waals surface area contributed by atoms with Crippen molar-refractivity contribution in [1.29, 1.82) is 0 Å². The van der Waals surface area contributed by atoms with Crippen molar-refractivity contribution >= 4 is 17.7 Å². The summed E-state index contributed by atoms with van der Waals surface area (Å²) >= 11 is 1.74. The van der Waals surface area contributed by atoms with Crippen molar-refractivity contribution in [3.63, 3.8) is 0 Å². The normalized spacial score (nSPS) is 20.0. The van der Waals surface area contributed by atoms with Gasteiger partial charge in [0.1, 0.15) is 0 Å². The van der Waals surface area contributed by atoms with Gasteiger partial charge < -0.3 is 10.1 Å². The Bertz CT molecular complexity index is 661. The molecule has 0 radical (unpaired) electrons. The second kappa shape index (κ2) is 8.31. The van der Waals surface area contributed by atoms with Crippen LogP contribution < -0.4 is 5.32 Å². The summed E-state index contributed by atoms with van der Waals surface area (Å²) in [4.78, 5) is 17.6. The van der Waals surface area contributed by atoms with Gasteiger partial charge >= 0.3 is 0 Å². The van der Waals surface area contributed by atoms with E-state index in [-0.39, 0.29) is 18.1 Å². The number of carbonyl (C=O) groups excluding carboxylic acids is 1. The average molecular weight is 342 g/mol. The molecule has 0 spiro atoms. The van der Waals surface area contributed by atoms with Crippen molar-refractivity contribution < 1.29 is 9.53 Å². The van der Waals surface area contributed by atoms with Crippen molar-refractivity contribution in [2.75, 3.05) is 7.11 Å². The highest BCUT2D eigenvalue weighted by molar-refractivity contribution is 7.98. The monoisotopic (exact) mass is 342 g/mol. The predicted molar refractivity (Wildman–Crippen MR) is 96.1 cm³/mol. The molecule has 1 amide bonds. The van der Waals surface area contributed by atoms with Crippen molar-refractivity contribution in [3.05, 3.63) is 59.9 Å². The number of aromatic nitrogens is 1. The summed E-state index contributed by atoms with van der Waals surface area (Å²) in [5.41, 5.74) is 1.89. The fourth-order valence-corrected chi connectivity index (χ4v) is 3.81. The molecule has 0 aliphatic heterocycles. The Morgan fingerprint density at radius 1 is 1.29 bits per heavy atom. The second-order valence-corrected chi connectivity index (χ2v) is 7.01. The third kappa shape index (κ3) is 4.36. The molecule has 1 fully saturated rings. The topological polar surface area (TPSA) is 51.2 Å². The molecule has 4 nitrogen and oxygen atoms in total. The zero-order valence-electron chi connectivity index (χ0n) is 13.8. The smallest absolute Gasteiger partial charge is 0.251 e. The van der Waals surface area contributed by atoms with Crippen LogP contribution >= 0.6 is 11.8 Å². The number of nitrogens with one attached hydrogen (secondary N) is 1. The van der Waals surface area contributed by atoms with E-state index in [2.05, 4.69) is 16.4 Å². The summed E-state index contributed by atoms with van der Waals surface area (Å²) in [6.07, 6.45) is 6.91. The molecular formula is C19H22N2O2S. The maximum Gasteiger partial charge on any atom is 0.251 e. The van der Waals surface area contributed by atoms with Crippen molar-refractivity contribution in [2.45, 2.75) is 42.1 Å². The van der Waals surface area contributed by atoms with Gasteiger partial charge in [0.05, 0.1) is 12.1 Å². The van der Waals surface area contributed by atoms with Crippen LogP contribution in [0.4, 0.5) is 0 Å². The molecule has 1 heterocycles. The van der Waals surface area contributed by atoms with Gasteiger partial charge in [-0.2, -0.15) is 0 Å². The number of carbonyl (C=O) groups is 1. The summed E-state index contributed by atoms with van der Waals surface area (Å²) in [5.74, 6) is 0.851. The first-order chi connectivity index (χ1) is 11.8. The molecule has 2 unspecified atom stereocenters. The van der Waals surface area contributed by atoms with Crippen LogP contribution in [0.3, 0.4) is 0 Å². The highest BCUT2D eigenvalue weighted by Crippen LogP contribution is 2.24. The molecule has 5 heteroatoms. The van der Waals surface area contributed by atoms with Gasteiger partial charge in [-0.1, -0.05) is 6.07 Å². The van der Waals surface area contributed by atoms with E-state index in [4.69, 9.17) is 4.74 Å². The van der Waals surface area contributed by atoms with Crippen LogP contribution in [-0.2, 0) is 10.5 Å². The number of methoxy groups -OCH3 is 1. The van der Waals surface area contributed by atoms with Crippen LogP contribution in [0.5, 0.6) is 0 Å². The molecule has 1 aromatic carbocycles. The molecule has 1 saturated carbocycles. The fraction of sp³-hybridized carbons (Fsp3) is 0.368. The first kappa shape index (κ1) is 17.0. The highest BCUT2D eigenvalue weighted by atomic mass is 32.2. The Balaban J connectivity index is 1.54. The number of pyridine rings is 1. The average Bonchev–Trinajstić information content (AvgIpc) is 3.08. The number of nitrogens with zero attached hydrogens (tertiary/aromatic N) is 1. The van der Waals surface area contributed by atoms with Crippen LogP contribution in [0.1, 0.15) is 35.2 Å². The maximum absolute atomic E-state index is 12.4. The molecule has 1 N–H and O–H groups in total. The van der Waals surface area contributed by atoms with Crippen LogP contribution in [0.25, 0.3) is 0 Å². The third-order valence-corrected chi connectivity index (χ3v) is 5.40. The standard InChI is InChI=1S/C19H22N2O2S/c1-23-18-6-2-5-17(18)21-19(22)15-7-9-16(10-8-15)24-13-14-4-3-11-20-12-14/h3-4,7-12,17-18H,2,5-6,13H2,1H3,(H,21,22). The summed E-state index contributed by atoms with van der Waals surface area (Å²) in [6, 6.07) is 11.9. The molecular weight excluding hydrogens is 320 g/mol. The Morgan fingerprint density at radius 2 is 2.12 bits per heavy atom. The van der Waals surface area contributed by atoms with Gasteiger partial charge in [-0.05, 0) is 55.2 Å². The van der Waals surface area contributed by atoms with Crippen molar-refractivity contribution in [3.8, 4) is 0 Å². The third-order valence-electron chi connectivity index (χ3n) is 4.32. The van der Waals surface area contributed by atoms with Crippen molar-refractivity contribution in [2.24, 2.45) is 0 Å². The maximum atomic E-state index is 12.4. The summed E-state index contributed by atoms with van der Waals surface area (Å²) in [5, 5.41) is 3.09. The first-order valence-electron chi connectivity index (χ1n) is 8.21. The van der Waals surface area contributed by atoms with Crippen LogP contribution in [0, 0.1) is 0 Å². The van der Waals surface area contributed by atoms with E-state index in [1.807, 2.05) is 36.5 Å². The molecule has 2 atom stereocenters. The minimum atomic E-state index is -0.0206. The summed E-state index contributed by atoms with van der Waals surface area (Å²) in [7, 11) is 1.71. The van der Waals surface area contributed by atoms with Crippen molar-refractivity contribution in [1.82, 2.24) is 10.3 Å². The lowest BCUT2D eigenvalue weighted by molar-refractivity contribution is 0.0722. The zero-order chi connectivity index (χ0) is 16.8. The number of hydrogen-bond acceptors (Lipinski definition) is 4. The first-order valence-corrected chi connectivity index (χ1v) is 9.20. The molecule has 2 aromatic rings. The van der Waals surface area contributed by atoms with Gasteiger partial charge in [0.15, 0.2) is 0 Å². The van der Waals surface area contributed by atoms with Gasteiger partial charge in [0.2, 0.25) is 0 Å². The zero-order valence-corrected chi connectivity index (χ0v) is 14.6. The lowest BCUT2D eigenvalue weighted by Crippen LogP contribution is -2.40. The Hall–Kier alpha value is -1.85. The molecule has 24 heavy (non-hydrogen) atoms. The van der Waals surface area contributed by atoms with E-state index >= 15 is 0 Å². The Labute approximate surface area is 147 Å². The Morgan fingerprint density at radius 3 is 2.83 bits per heavy atom. The number of rotatable bonds is 6. The lowest BCUT2D eigenvalue weighted by Gasteiger charge is -2.19. The minimum Gasteiger partial charge on any atom is -0.379 e. The van der Waals surface area contributed by atoms with E-state index in [9.17, 15) is 4.79 Å². The van der Waals surface area contributed by atoms with Gasteiger partial charge in [-0.3, -0.25) is 9.78 Å². The predicted octanol–water partition coefficient (Wildman–Crippen LogP) is 3.67. The summed E-state index contributed by atoms with van der Waals surface area (Å²) < 4.78 is 5.43. The van der Waals surface area contributed by atoms with Crippen LogP contribution in [0.15, 0.2) is 53.7 Å². The SMILES string of the molecule is COC1CCCC1NC(=O)c1ccc(SCc2cccnc2)cc1. The highest BCUT2D eigenvalue weighted by Gasteiger charge is 2.28. The van der Waals surface area contributed by atoms with Gasteiger partial charge in [-0.15, -0.1) is 11.8 Å². The number of ether oxygens (including phenoxy) is 1. The van der Waals surface area contributed by atoms with E-state index in [0.29, 0.717) is 5.56 Å². The molecule has 0 bridgehead atoms. The van der Waals surface area contributed by atoms with E-state index in [1.54, 1.807) is 25.1 Å². The van der Waals surface area contributed by atoms with E-state index < -0.39 is 0 Å². The number of benzene rings is 1. The molecule has 3 rings (SSSR count). The molecule has 126 valence electrons. The van der Waals surface area contributed by atoms with Gasteiger partial charge in [0, 0.05) is 35.7 Å². The largest absolute Gasteiger partial charge is 0.379 e. The Kier molecular flexibility index (Phi) is 5.88. The number of thioether (sulfide) groups is 1. The summed E-state index contributed by atoms with van der Waals surface area (Å²) in [6.45, 7) is 0. The van der Waals surface area contributed by atoms with Gasteiger partial charge in [0.25, 0.3) is 5.91 Å². The lowest BCUT2D eigenvalue weighted by atomic mass is 10.1. The van der Waals surface area contributed by atoms with Gasteiger partial charge in [-0.25, -0.2) is 0 Å². The van der Waals surface area contributed by atoms with E-state index in [0.717, 1.165) is 29.9 Å². The fourth-order valence-electron chi connectivity index (χ4n) is 2.98. The van der Waals surface area contributed by atoms with Crippen LogP contribution in [0.2, 0.25) is 0 Å². The minimum absolute atomic E-state index is 0.0206. The second-order valence-electron chi connectivity index (χ2n) is 5.96. The van der Waals surface area contributed by atoms with E-state index in [1.165, 1.54) is 5.56 Å². The number of amides is 1. The molecule has 1 aliphatic carbocycles. The molecule has 1 aromatic heterocycles. The molecule has 0 saturated heterocycles. The van der Waals surface area contributed by atoms with Crippen LogP contribution in [-0.4, -0.2) is 30.1 Å². The molecule has 1 aliphatic rings. The quantitative estimate of drug-likeness (QED) is 0.814. The number of hydrogen-bond donors (Lipinski definition) is 1.